The number of aliphatic imine (C=N–C) groups is 1. The van der Waals surface area contributed by atoms with E-state index in [1.54, 1.807) is 0 Å². The molecule has 0 bridgehead atoms. The summed E-state index contributed by atoms with van der Waals surface area (Å²) in [4.78, 5) is 7.43. The molecule has 2 aliphatic rings. The molecule has 2 heterocycles. The van der Waals surface area contributed by atoms with E-state index < -0.39 is 0 Å². The van der Waals surface area contributed by atoms with Gasteiger partial charge in [-0.1, -0.05) is 13.8 Å². The van der Waals surface area contributed by atoms with Crippen LogP contribution >= 0.6 is 24.0 Å². The van der Waals surface area contributed by atoms with Crippen LogP contribution in [0.3, 0.4) is 0 Å². The Morgan fingerprint density at radius 2 is 1.80 bits per heavy atom. The largest absolute Gasteiger partial charge is 0.381 e. The van der Waals surface area contributed by atoms with E-state index in [-0.39, 0.29) is 24.0 Å². The molecule has 0 aromatic rings. The molecule has 7 nitrogen and oxygen atoms in total. The molecule has 2 aliphatic heterocycles. The third kappa shape index (κ3) is 12.0. The average Bonchev–Trinajstić information content (AvgIpc) is 2.74. The molecule has 2 saturated heterocycles. The summed E-state index contributed by atoms with van der Waals surface area (Å²) >= 11 is 0. The van der Waals surface area contributed by atoms with Gasteiger partial charge in [0.05, 0.1) is 19.8 Å². The number of hydrogen-bond acceptors (Lipinski definition) is 5. The van der Waals surface area contributed by atoms with Gasteiger partial charge in [-0.3, -0.25) is 9.89 Å². The maximum Gasteiger partial charge on any atom is 0.191 e. The highest BCUT2D eigenvalue weighted by atomic mass is 127. The zero-order valence-corrected chi connectivity index (χ0v) is 21.7. The van der Waals surface area contributed by atoms with Crippen molar-refractivity contribution in [2.75, 3.05) is 72.4 Å². The van der Waals surface area contributed by atoms with Crippen molar-refractivity contribution in [3.05, 3.63) is 0 Å². The van der Waals surface area contributed by atoms with Crippen molar-refractivity contribution in [3.63, 3.8) is 0 Å². The number of morpholine rings is 1. The van der Waals surface area contributed by atoms with Crippen molar-refractivity contribution in [3.8, 4) is 0 Å². The summed E-state index contributed by atoms with van der Waals surface area (Å²) in [5.74, 6) is 2.26. The molecule has 2 fully saturated rings. The summed E-state index contributed by atoms with van der Waals surface area (Å²) in [6.45, 7) is 16.4. The Bertz CT molecular complexity index is 442. The van der Waals surface area contributed by atoms with Gasteiger partial charge >= 0.3 is 0 Å². The van der Waals surface area contributed by atoms with Crippen LogP contribution in [0, 0.1) is 11.8 Å². The zero-order chi connectivity index (χ0) is 20.7. The second-order valence-corrected chi connectivity index (χ2v) is 8.56. The van der Waals surface area contributed by atoms with Crippen LogP contribution < -0.4 is 10.6 Å². The number of hydrogen-bond donors (Lipinski definition) is 2. The van der Waals surface area contributed by atoms with Gasteiger partial charge in [0.15, 0.2) is 5.96 Å². The first-order valence-electron chi connectivity index (χ1n) is 11.7. The van der Waals surface area contributed by atoms with Crippen LogP contribution in [0.25, 0.3) is 0 Å². The second-order valence-electron chi connectivity index (χ2n) is 8.56. The van der Waals surface area contributed by atoms with E-state index in [1.165, 1.54) is 6.42 Å². The summed E-state index contributed by atoms with van der Waals surface area (Å²) in [5, 5.41) is 6.84. The number of nitrogens with zero attached hydrogens (tertiary/aromatic N) is 2. The first-order chi connectivity index (χ1) is 14.2. The molecule has 1 unspecified atom stereocenters. The monoisotopic (exact) mass is 540 g/mol. The van der Waals surface area contributed by atoms with Gasteiger partial charge in [-0.2, -0.15) is 0 Å². The predicted molar refractivity (Wildman–Crippen MR) is 134 cm³/mol. The van der Waals surface area contributed by atoms with Gasteiger partial charge < -0.3 is 24.8 Å². The normalized spacial score (nSPS) is 20.1. The minimum absolute atomic E-state index is 0. The SMILES string of the molecule is CCNC(=NCC(CC(C)C)N1CCOCC1)NCCCOCC1CCOCC1.I. The highest BCUT2D eigenvalue weighted by molar-refractivity contribution is 14.0. The fourth-order valence-corrected chi connectivity index (χ4v) is 3.91. The lowest BCUT2D eigenvalue weighted by atomic mass is 10.0. The highest BCUT2D eigenvalue weighted by Gasteiger charge is 2.21. The van der Waals surface area contributed by atoms with E-state index in [0.717, 1.165) is 97.6 Å². The Morgan fingerprint density at radius 3 is 2.47 bits per heavy atom. The standard InChI is InChI=1S/C22H44N4O3.HI/c1-4-23-22(24-8-5-11-29-18-20-6-12-27-13-7-20)25-17-21(16-19(2)3)26-9-14-28-15-10-26;/h19-21H,4-18H2,1-3H3,(H2,23,24,25);1H. The molecular weight excluding hydrogens is 495 g/mol. The van der Waals surface area contributed by atoms with Gasteiger partial charge in [0.1, 0.15) is 0 Å². The number of guanidine groups is 1. The van der Waals surface area contributed by atoms with E-state index in [4.69, 9.17) is 19.2 Å². The molecule has 0 saturated carbocycles. The predicted octanol–water partition coefficient (Wildman–Crippen LogP) is 2.74. The van der Waals surface area contributed by atoms with Gasteiger partial charge in [0, 0.05) is 58.6 Å². The lowest BCUT2D eigenvalue weighted by Crippen LogP contribution is -2.46. The Kier molecular flexibility index (Phi) is 16.2. The summed E-state index contributed by atoms with van der Waals surface area (Å²) < 4.78 is 16.8. The lowest BCUT2D eigenvalue weighted by Gasteiger charge is -2.34. The van der Waals surface area contributed by atoms with E-state index >= 15 is 0 Å². The Labute approximate surface area is 201 Å². The number of ether oxygens (including phenoxy) is 3. The van der Waals surface area contributed by atoms with Crippen molar-refractivity contribution in [2.45, 2.75) is 52.5 Å². The first kappa shape index (κ1) is 27.9. The van der Waals surface area contributed by atoms with E-state index in [1.807, 2.05) is 0 Å². The lowest BCUT2D eigenvalue weighted by molar-refractivity contribution is 0.0143. The average molecular weight is 541 g/mol. The summed E-state index contributed by atoms with van der Waals surface area (Å²) in [6.07, 6.45) is 4.43. The van der Waals surface area contributed by atoms with Gasteiger partial charge in [-0.15, -0.1) is 24.0 Å². The van der Waals surface area contributed by atoms with Crippen LogP contribution in [-0.2, 0) is 14.2 Å². The van der Waals surface area contributed by atoms with Crippen LogP contribution in [0.1, 0.15) is 46.5 Å². The Hall–Kier alpha value is -0.160. The molecule has 0 aromatic carbocycles. The quantitative estimate of drug-likeness (QED) is 0.172. The van der Waals surface area contributed by atoms with Crippen LogP contribution in [-0.4, -0.2) is 89.3 Å². The minimum Gasteiger partial charge on any atom is -0.381 e. The molecule has 178 valence electrons. The summed E-state index contributed by atoms with van der Waals surface area (Å²) in [7, 11) is 0. The topological polar surface area (TPSA) is 67.4 Å². The first-order valence-corrected chi connectivity index (χ1v) is 11.7. The smallest absolute Gasteiger partial charge is 0.191 e. The van der Waals surface area contributed by atoms with Crippen LogP contribution in [0.4, 0.5) is 0 Å². The highest BCUT2D eigenvalue weighted by Crippen LogP contribution is 2.15. The van der Waals surface area contributed by atoms with E-state index in [0.29, 0.717) is 17.9 Å². The molecule has 0 aromatic heterocycles. The molecule has 2 N–H and O–H groups in total. The number of rotatable bonds is 12. The van der Waals surface area contributed by atoms with Gasteiger partial charge in [0.25, 0.3) is 0 Å². The molecule has 0 spiro atoms. The minimum atomic E-state index is 0. The second kappa shape index (κ2) is 17.4. The summed E-state index contributed by atoms with van der Waals surface area (Å²) in [5.41, 5.74) is 0. The van der Waals surface area contributed by atoms with Crippen molar-refractivity contribution in [2.24, 2.45) is 16.8 Å². The third-order valence-electron chi connectivity index (χ3n) is 5.56. The molecule has 0 aliphatic carbocycles. The van der Waals surface area contributed by atoms with Crippen LogP contribution in [0.15, 0.2) is 4.99 Å². The van der Waals surface area contributed by atoms with E-state index in [9.17, 15) is 0 Å². The van der Waals surface area contributed by atoms with Gasteiger partial charge in [-0.05, 0) is 44.4 Å². The van der Waals surface area contributed by atoms with Crippen LogP contribution in [0.2, 0.25) is 0 Å². The van der Waals surface area contributed by atoms with Crippen molar-refractivity contribution < 1.29 is 14.2 Å². The molecular formula is C22H45IN4O3. The van der Waals surface area contributed by atoms with E-state index in [2.05, 4.69) is 36.3 Å². The van der Waals surface area contributed by atoms with Gasteiger partial charge in [0.2, 0.25) is 0 Å². The maximum atomic E-state index is 5.86. The molecule has 8 heteroatoms. The fraction of sp³-hybridized carbons (Fsp3) is 0.955. The van der Waals surface area contributed by atoms with Crippen molar-refractivity contribution in [1.82, 2.24) is 15.5 Å². The van der Waals surface area contributed by atoms with Crippen molar-refractivity contribution >= 4 is 29.9 Å². The number of halogens is 1. The van der Waals surface area contributed by atoms with Crippen LogP contribution in [0.5, 0.6) is 0 Å². The Balaban J connectivity index is 0.00000450. The summed E-state index contributed by atoms with van der Waals surface area (Å²) in [6, 6.07) is 0.483. The molecule has 30 heavy (non-hydrogen) atoms. The molecule has 0 radical (unpaired) electrons. The Morgan fingerprint density at radius 1 is 1.10 bits per heavy atom. The van der Waals surface area contributed by atoms with Gasteiger partial charge in [-0.25, -0.2) is 0 Å². The molecule has 0 amide bonds. The fourth-order valence-electron chi connectivity index (χ4n) is 3.91. The van der Waals surface area contributed by atoms with Crippen molar-refractivity contribution in [1.29, 1.82) is 0 Å². The maximum absolute atomic E-state index is 5.86. The number of nitrogens with one attached hydrogen (secondary N) is 2. The molecule has 2 rings (SSSR count). The zero-order valence-electron chi connectivity index (χ0n) is 19.4. The molecule has 1 atom stereocenters. The third-order valence-corrected chi connectivity index (χ3v) is 5.56.